The first-order valence-electron chi connectivity index (χ1n) is 7.74. The molecule has 1 unspecified atom stereocenters. The van der Waals surface area contributed by atoms with Crippen molar-refractivity contribution in [2.24, 2.45) is 0 Å². The molecule has 0 amide bonds. The Labute approximate surface area is 146 Å². The third kappa shape index (κ3) is 4.21. The first-order valence-corrected chi connectivity index (χ1v) is 8.50. The standard InChI is InChI=1S/C17H19Cl2N3O/c1-2-17-20-8-12(9-21-17)10-22-5-6-23-16(11-22)13-3-4-14(18)15(19)7-13/h3-4,7-9,16H,2,5-6,10-11H2,1H3. The summed E-state index contributed by atoms with van der Waals surface area (Å²) in [4.78, 5) is 11.1. The molecular weight excluding hydrogens is 333 g/mol. The molecule has 2 aromatic rings. The smallest absolute Gasteiger partial charge is 0.127 e. The van der Waals surface area contributed by atoms with Gasteiger partial charge in [0.25, 0.3) is 0 Å². The number of hydrogen-bond acceptors (Lipinski definition) is 4. The summed E-state index contributed by atoms with van der Waals surface area (Å²) in [5.74, 6) is 0.879. The van der Waals surface area contributed by atoms with Crippen molar-refractivity contribution < 1.29 is 4.74 Å². The van der Waals surface area contributed by atoms with Crippen LogP contribution in [0.4, 0.5) is 0 Å². The quantitative estimate of drug-likeness (QED) is 0.836. The van der Waals surface area contributed by atoms with Crippen LogP contribution in [-0.2, 0) is 17.7 Å². The lowest BCUT2D eigenvalue weighted by Crippen LogP contribution is -2.37. The summed E-state index contributed by atoms with van der Waals surface area (Å²) in [6.45, 7) is 5.28. The van der Waals surface area contributed by atoms with E-state index in [1.807, 2.05) is 30.6 Å². The molecule has 4 nitrogen and oxygen atoms in total. The normalized spacial score (nSPS) is 19.0. The van der Waals surface area contributed by atoms with Crippen molar-refractivity contribution in [2.75, 3.05) is 19.7 Å². The van der Waals surface area contributed by atoms with Crippen LogP contribution in [0.1, 0.15) is 30.0 Å². The highest BCUT2D eigenvalue weighted by Gasteiger charge is 2.22. The molecule has 0 N–H and O–H groups in total. The van der Waals surface area contributed by atoms with E-state index in [1.165, 1.54) is 0 Å². The molecule has 3 rings (SSSR count). The first-order chi connectivity index (χ1) is 11.2. The van der Waals surface area contributed by atoms with E-state index in [2.05, 4.69) is 21.8 Å². The Morgan fingerprint density at radius 2 is 2.00 bits per heavy atom. The van der Waals surface area contributed by atoms with Crippen molar-refractivity contribution in [1.29, 1.82) is 0 Å². The van der Waals surface area contributed by atoms with Crippen LogP contribution in [0.5, 0.6) is 0 Å². The van der Waals surface area contributed by atoms with Gasteiger partial charge in [0.1, 0.15) is 5.82 Å². The maximum Gasteiger partial charge on any atom is 0.127 e. The fourth-order valence-electron chi connectivity index (χ4n) is 2.66. The van der Waals surface area contributed by atoms with Gasteiger partial charge in [0.05, 0.1) is 22.8 Å². The number of hydrogen-bond donors (Lipinski definition) is 0. The lowest BCUT2D eigenvalue weighted by molar-refractivity contribution is -0.0329. The second-order valence-corrected chi connectivity index (χ2v) is 6.44. The summed E-state index contributed by atoms with van der Waals surface area (Å²) in [5.41, 5.74) is 2.18. The number of aryl methyl sites for hydroxylation is 1. The Balaban J connectivity index is 1.66. The Morgan fingerprint density at radius 3 is 2.70 bits per heavy atom. The predicted octanol–water partition coefficient (Wildman–Crippen LogP) is 3.92. The van der Waals surface area contributed by atoms with Crippen LogP contribution < -0.4 is 0 Å². The minimum Gasteiger partial charge on any atom is -0.371 e. The zero-order chi connectivity index (χ0) is 16.2. The van der Waals surface area contributed by atoms with E-state index < -0.39 is 0 Å². The van der Waals surface area contributed by atoms with E-state index in [-0.39, 0.29) is 6.10 Å². The minimum atomic E-state index is 0.00866. The van der Waals surface area contributed by atoms with Gasteiger partial charge in [-0.2, -0.15) is 0 Å². The van der Waals surface area contributed by atoms with Crippen molar-refractivity contribution >= 4 is 23.2 Å². The van der Waals surface area contributed by atoms with Crippen LogP contribution in [0.15, 0.2) is 30.6 Å². The third-order valence-corrected chi connectivity index (χ3v) is 4.69. The highest BCUT2D eigenvalue weighted by molar-refractivity contribution is 6.42. The molecule has 0 aliphatic carbocycles. The second-order valence-electron chi connectivity index (χ2n) is 5.63. The number of aromatic nitrogens is 2. The van der Waals surface area contributed by atoms with Crippen molar-refractivity contribution in [1.82, 2.24) is 14.9 Å². The lowest BCUT2D eigenvalue weighted by atomic mass is 10.1. The molecule has 1 atom stereocenters. The molecule has 0 saturated carbocycles. The number of rotatable bonds is 4. The highest BCUT2D eigenvalue weighted by Crippen LogP contribution is 2.29. The van der Waals surface area contributed by atoms with E-state index in [0.29, 0.717) is 16.7 Å². The van der Waals surface area contributed by atoms with Crippen molar-refractivity contribution in [3.05, 3.63) is 57.6 Å². The van der Waals surface area contributed by atoms with Crippen LogP contribution in [0.2, 0.25) is 10.0 Å². The van der Waals surface area contributed by atoms with E-state index in [4.69, 9.17) is 27.9 Å². The summed E-state index contributed by atoms with van der Waals surface area (Å²) < 4.78 is 5.89. The number of morpholine rings is 1. The molecule has 0 spiro atoms. The molecule has 1 aromatic heterocycles. The van der Waals surface area contributed by atoms with Gasteiger partial charge in [-0.3, -0.25) is 4.90 Å². The number of ether oxygens (including phenoxy) is 1. The molecule has 2 heterocycles. The van der Waals surface area contributed by atoms with Crippen molar-refractivity contribution in [3.8, 4) is 0 Å². The monoisotopic (exact) mass is 351 g/mol. The molecule has 122 valence electrons. The van der Waals surface area contributed by atoms with Crippen molar-refractivity contribution in [2.45, 2.75) is 26.0 Å². The third-order valence-electron chi connectivity index (χ3n) is 3.95. The van der Waals surface area contributed by atoms with Crippen LogP contribution in [0.3, 0.4) is 0 Å². The fraction of sp³-hybridized carbons (Fsp3) is 0.412. The van der Waals surface area contributed by atoms with Crippen LogP contribution >= 0.6 is 23.2 Å². The van der Waals surface area contributed by atoms with Crippen LogP contribution in [0, 0.1) is 0 Å². The Hall–Kier alpha value is -1.20. The van der Waals surface area contributed by atoms with E-state index in [0.717, 1.165) is 43.0 Å². The first kappa shape index (κ1) is 16.7. The fourth-order valence-corrected chi connectivity index (χ4v) is 2.97. The van der Waals surface area contributed by atoms with Crippen LogP contribution in [-0.4, -0.2) is 34.6 Å². The molecule has 0 radical (unpaired) electrons. The van der Waals surface area contributed by atoms with Gasteiger partial charge in [-0.1, -0.05) is 36.2 Å². The van der Waals surface area contributed by atoms with Gasteiger partial charge in [-0.05, 0) is 17.7 Å². The number of halogens is 2. The molecule has 1 aromatic carbocycles. The van der Waals surface area contributed by atoms with E-state index in [1.54, 1.807) is 0 Å². The Bertz CT molecular complexity index is 663. The topological polar surface area (TPSA) is 38.2 Å². The average molecular weight is 352 g/mol. The molecule has 1 saturated heterocycles. The van der Waals surface area contributed by atoms with E-state index >= 15 is 0 Å². The predicted molar refractivity (Wildman–Crippen MR) is 91.8 cm³/mol. The molecular formula is C17H19Cl2N3O. The summed E-state index contributed by atoms with van der Waals surface area (Å²) in [6, 6.07) is 5.68. The molecule has 0 bridgehead atoms. The maximum atomic E-state index is 6.11. The van der Waals surface area contributed by atoms with Gasteiger partial charge >= 0.3 is 0 Å². The summed E-state index contributed by atoms with van der Waals surface area (Å²) >= 11 is 12.1. The minimum absolute atomic E-state index is 0.00866. The Morgan fingerprint density at radius 1 is 1.22 bits per heavy atom. The molecule has 6 heteroatoms. The number of nitrogens with zero attached hydrogens (tertiary/aromatic N) is 3. The molecule has 1 aliphatic heterocycles. The van der Waals surface area contributed by atoms with Gasteiger partial charge in [-0.25, -0.2) is 9.97 Å². The lowest BCUT2D eigenvalue weighted by Gasteiger charge is -2.33. The SMILES string of the molecule is CCc1ncc(CN2CCOC(c3ccc(Cl)c(Cl)c3)C2)cn1. The van der Waals surface area contributed by atoms with Gasteiger partial charge in [-0.15, -0.1) is 0 Å². The summed E-state index contributed by atoms with van der Waals surface area (Å²) in [5, 5.41) is 1.13. The largest absolute Gasteiger partial charge is 0.371 e. The van der Waals surface area contributed by atoms with Gasteiger partial charge in [0.2, 0.25) is 0 Å². The number of benzene rings is 1. The molecule has 1 aliphatic rings. The Kier molecular flexibility index (Phi) is 5.49. The average Bonchev–Trinajstić information content (AvgIpc) is 2.58. The zero-order valence-corrected chi connectivity index (χ0v) is 14.5. The van der Waals surface area contributed by atoms with Gasteiger partial charge < -0.3 is 4.74 Å². The van der Waals surface area contributed by atoms with Crippen LogP contribution in [0.25, 0.3) is 0 Å². The molecule has 1 fully saturated rings. The summed E-state index contributed by atoms with van der Waals surface area (Å²) in [7, 11) is 0. The van der Waals surface area contributed by atoms with Gasteiger partial charge in [0, 0.05) is 44.0 Å². The summed E-state index contributed by atoms with van der Waals surface area (Å²) in [6.07, 6.45) is 4.69. The molecule has 23 heavy (non-hydrogen) atoms. The zero-order valence-electron chi connectivity index (χ0n) is 13.0. The highest BCUT2D eigenvalue weighted by atomic mass is 35.5. The van der Waals surface area contributed by atoms with Crippen molar-refractivity contribution in [3.63, 3.8) is 0 Å². The maximum absolute atomic E-state index is 6.11. The van der Waals surface area contributed by atoms with Gasteiger partial charge in [0.15, 0.2) is 0 Å². The van der Waals surface area contributed by atoms with E-state index in [9.17, 15) is 0 Å². The second kappa shape index (κ2) is 7.58.